The van der Waals surface area contributed by atoms with Gasteiger partial charge >= 0.3 is 0 Å². The molecular formula is C14H21ClN2O. The number of hydrogen-bond acceptors (Lipinski definition) is 3. The summed E-state index contributed by atoms with van der Waals surface area (Å²) in [6.07, 6.45) is 5.63. The molecule has 0 saturated carbocycles. The summed E-state index contributed by atoms with van der Waals surface area (Å²) in [7, 11) is 0. The number of ether oxygens (including phenoxy) is 1. The highest BCUT2D eigenvalue weighted by Gasteiger charge is 2.20. The summed E-state index contributed by atoms with van der Waals surface area (Å²) >= 11 is 5.98. The van der Waals surface area contributed by atoms with Crippen LogP contribution in [0.2, 0.25) is 5.02 Å². The van der Waals surface area contributed by atoms with Crippen molar-refractivity contribution in [3.05, 3.63) is 29.0 Å². The van der Waals surface area contributed by atoms with Gasteiger partial charge in [-0.3, -0.25) is 9.88 Å². The van der Waals surface area contributed by atoms with Crippen LogP contribution in [0, 0.1) is 0 Å². The van der Waals surface area contributed by atoms with Crippen LogP contribution in [-0.2, 0) is 11.3 Å². The molecule has 0 N–H and O–H groups in total. The second-order valence-electron chi connectivity index (χ2n) is 4.84. The van der Waals surface area contributed by atoms with Crippen LogP contribution < -0.4 is 0 Å². The van der Waals surface area contributed by atoms with Gasteiger partial charge in [-0.1, -0.05) is 18.5 Å². The molecule has 2 heterocycles. The minimum absolute atomic E-state index is 0.387. The van der Waals surface area contributed by atoms with Gasteiger partial charge in [-0.15, -0.1) is 0 Å². The molecule has 1 aliphatic heterocycles. The standard InChI is InChI=1S/C14H21ClN2O/c1-2-8-18-14-4-3-7-17(11-14)10-13-9-12(15)5-6-16-13/h5-6,9,14H,2-4,7-8,10-11H2,1H3. The molecule has 1 aromatic heterocycles. The van der Waals surface area contributed by atoms with Crippen molar-refractivity contribution >= 4 is 11.6 Å². The minimum Gasteiger partial charge on any atom is -0.377 e. The van der Waals surface area contributed by atoms with Gasteiger partial charge in [-0.05, 0) is 37.9 Å². The van der Waals surface area contributed by atoms with Gasteiger partial charge in [0.2, 0.25) is 0 Å². The lowest BCUT2D eigenvalue weighted by Gasteiger charge is -2.32. The zero-order valence-corrected chi connectivity index (χ0v) is 11.7. The number of pyridine rings is 1. The van der Waals surface area contributed by atoms with Gasteiger partial charge in [0.1, 0.15) is 0 Å². The quantitative estimate of drug-likeness (QED) is 0.820. The average Bonchev–Trinajstić information content (AvgIpc) is 2.37. The van der Waals surface area contributed by atoms with Crippen LogP contribution in [-0.4, -0.2) is 35.7 Å². The molecule has 0 aliphatic carbocycles. The Labute approximate surface area is 114 Å². The predicted molar refractivity (Wildman–Crippen MR) is 73.8 cm³/mol. The van der Waals surface area contributed by atoms with E-state index in [9.17, 15) is 0 Å². The third-order valence-corrected chi connectivity index (χ3v) is 3.42. The Morgan fingerprint density at radius 1 is 1.56 bits per heavy atom. The highest BCUT2D eigenvalue weighted by molar-refractivity contribution is 6.30. The van der Waals surface area contributed by atoms with Gasteiger partial charge in [0.25, 0.3) is 0 Å². The van der Waals surface area contributed by atoms with E-state index in [1.165, 1.54) is 12.8 Å². The maximum Gasteiger partial charge on any atom is 0.0702 e. The molecule has 1 fully saturated rings. The summed E-state index contributed by atoms with van der Waals surface area (Å²) in [6, 6.07) is 3.76. The predicted octanol–water partition coefficient (Wildman–Crippen LogP) is 3.13. The molecule has 0 amide bonds. The first-order chi connectivity index (χ1) is 8.78. The van der Waals surface area contributed by atoms with Crippen LogP contribution in [0.5, 0.6) is 0 Å². The van der Waals surface area contributed by atoms with E-state index in [0.29, 0.717) is 6.10 Å². The van der Waals surface area contributed by atoms with Gasteiger partial charge in [0, 0.05) is 30.9 Å². The highest BCUT2D eigenvalue weighted by Crippen LogP contribution is 2.16. The molecule has 1 aliphatic rings. The van der Waals surface area contributed by atoms with Crippen molar-refractivity contribution in [1.29, 1.82) is 0 Å². The van der Waals surface area contributed by atoms with Crippen LogP contribution in [0.4, 0.5) is 0 Å². The monoisotopic (exact) mass is 268 g/mol. The van der Waals surface area contributed by atoms with Gasteiger partial charge in [-0.25, -0.2) is 0 Å². The van der Waals surface area contributed by atoms with Crippen LogP contribution in [0.3, 0.4) is 0 Å². The fourth-order valence-electron chi connectivity index (χ4n) is 2.34. The Hall–Kier alpha value is -0.640. The van der Waals surface area contributed by atoms with Crippen molar-refractivity contribution in [3.8, 4) is 0 Å². The Morgan fingerprint density at radius 2 is 2.44 bits per heavy atom. The van der Waals surface area contributed by atoms with E-state index in [2.05, 4.69) is 16.8 Å². The Kier molecular flexibility index (Phi) is 5.42. The lowest BCUT2D eigenvalue weighted by molar-refractivity contribution is -0.00252. The number of aromatic nitrogens is 1. The number of nitrogens with zero attached hydrogens (tertiary/aromatic N) is 2. The second-order valence-corrected chi connectivity index (χ2v) is 5.27. The summed E-state index contributed by atoms with van der Waals surface area (Å²) in [4.78, 5) is 6.76. The Balaban J connectivity index is 1.85. The van der Waals surface area contributed by atoms with Crippen molar-refractivity contribution in [2.45, 2.75) is 38.8 Å². The Bertz CT molecular complexity index is 373. The first-order valence-corrected chi connectivity index (χ1v) is 7.10. The van der Waals surface area contributed by atoms with Crippen molar-refractivity contribution in [2.75, 3.05) is 19.7 Å². The largest absolute Gasteiger partial charge is 0.377 e. The van der Waals surface area contributed by atoms with Crippen molar-refractivity contribution < 1.29 is 4.74 Å². The summed E-state index contributed by atoms with van der Waals surface area (Å²) in [5.74, 6) is 0. The number of rotatable bonds is 5. The van der Waals surface area contributed by atoms with Crippen LogP contribution in [0.15, 0.2) is 18.3 Å². The summed E-state index contributed by atoms with van der Waals surface area (Å²) in [5, 5.41) is 0.760. The topological polar surface area (TPSA) is 25.4 Å². The van der Waals surface area contributed by atoms with Crippen LogP contribution in [0.25, 0.3) is 0 Å². The molecular weight excluding hydrogens is 248 g/mol. The smallest absolute Gasteiger partial charge is 0.0702 e. The zero-order chi connectivity index (χ0) is 12.8. The molecule has 1 atom stereocenters. The molecule has 3 nitrogen and oxygen atoms in total. The molecule has 1 aromatic rings. The highest BCUT2D eigenvalue weighted by atomic mass is 35.5. The third kappa shape index (κ3) is 4.23. The Morgan fingerprint density at radius 3 is 3.22 bits per heavy atom. The summed E-state index contributed by atoms with van der Waals surface area (Å²) in [6.45, 7) is 6.02. The van der Waals surface area contributed by atoms with Crippen molar-refractivity contribution in [3.63, 3.8) is 0 Å². The van der Waals surface area contributed by atoms with E-state index in [-0.39, 0.29) is 0 Å². The molecule has 4 heteroatoms. The summed E-state index contributed by atoms with van der Waals surface area (Å²) in [5.41, 5.74) is 1.04. The number of hydrogen-bond donors (Lipinski definition) is 0. The normalized spacial score (nSPS) is 21.1. The fourth-order valence-corrected chi connectivity index (χ4v) is 2.52. The lowest BCUT2D eigenvalue weighted by Crippen LogP contribution is -2.39. The van der Waals surface area contributed by atoms with E-state index in [1.807, 2.05) is 12.1 Å². The van der Waals surface area contributed by atoms with E-state index in [1.54, 1.807) is 6.20 Å². The van der Waals surface area contributed by atoms with Gasteiger partial charge < -0.3 is 4.74 Å². The molecule has 0 bridgehead atoms. The SMILES string of the molecule is CCCOC1CCCN(Cc2cc(Cl)ccn2)C1. The van der Waals surface area contributed by atoms with Gasteiger partial charge in [-0.2, -0.15) is 0 Å². The minimum atomic E-state index is 0.387. The molecule has 1 unspecified atom stereocenters. The van der Waals surface area contributed by atoms with E-state index in [4.69, 9.17) is 16.3 Å². The fraction of sp³-hybridized carbons (Fsp3) is 0.643. The molecule has 2 rings (SSSR count). The molecule has 1 saturated heterocycles. The molecule has 100 valence electrons. The first-order valence-electron chi connectivity index (χ1n) is 6.72. The average molecular weight is 269 g/mol. The zero-order valence-electron chi connectivity index (χ0n) is 10.9. The second kappa shape index (κ2) is 7.07. The molecule has 0 aromatic carbocycles. The van der Waals surface area contributed by atoms with Crippen molar-refractivity contribution in [1.82, 2.24) is 9.88 Å². The summed E-state index contributed by atoms with van der Waals surface area (Å²) < 4.78 is 5.84. The van der Waals surface area contributed by atoms with Crippen LogP contribution >= 0.6 is 11.6 Å². The molecule has 0 radical (unpaired) electrons. The molecule has 18 heavy (non-hydrogen) atoms. The lowest BCUT2D eigenvalue weighted by atomic mass is 10.1. The first kappa shape index (κ1) is 13.8. The third-order valence-electron chi connectivity index (χ3n) is 3.18. The number of piperidine rings is 1. The van der Waals surface area contributed by atoms with E-state index >= 15 is 0 Å². The van der Waals surface area contributed by atoms with Gasteiger partial charge in [0.15, 0.2) is 0 Å². The van der Waals surface area contributed by atoms with Crippen molar-refractivity contribution in [2.24, 2.45) is 0 Å². The van der Waals surface area contributed by atoms with E-state index in [0.717, 1.165) is 43.4 Å². The number of likely N-dealkylation sites (tertiary alicyclic amines) is 1. The van der Waals surface area contributed by atoms with Gasteiger partial charge in [0.05, 0.1) is 11.8 Å². The van der Waals surface area contributed by atoms with Crippen LogP contribution in [0.1, 0.15) is 31.9 Å². The number of halogens is 1. The maximum atomic E-state index is 5.98. The van der Waals surface area contributed by atoms with E-state index < -0.39 is 0 Å². The maximum absolute atomic E-state index is 5.98. The molecule has 0 spiro atoms.